The largest absolute Gasteiger partial charge is 0.405 e. The molecule has 5 heteroatoms. The lowest BCUT2D eigenvalue weighted by atomic mass is 9.82. The van der Waals surface area contributed by atoms with Gasteiger partial charge in [-0.05, 0) is 55.5 Å². The number of allylic oxidation sites excluding steroid dienone is 1. The Kier molecular flexibility index (Phi) is 5.33. The van der Waals surface area contributed by atoms with Gasteiger partial charge < -0.3 is 21.4 Å². The van der Waals surface area contributed by atoms with Crippen LogP contribution in [0.2, 0.25) is 0 Å². The summed E-state index contributed by atoms with van der Waals surface area (Å²) < 4.78 is 0. The van der Waals surface area contributed by atoms with Gasteiger partial charge in [0.15, 0.2) is 0 Å². The lowest BCUT2D eigenvalue weighted by molar-refractivity contribution is 0.412. The maximum atomic E-state index is 12.1. The van der Waals surface area contributed by atoms with Gasteiger partial charge >= 0.3 is 0 Å². The molecule has 0 atom stereocenters. The van der Waals surface area contributed by atoms with E-state index in [1.807, 2.05) is 6.07 Å². The molecular formula is C20H24N4O. The van der Waals surface area contributed by atoms with Crippen molar-refractivity contribution in [1.29, 1.82) is 5.41 Å². The number of nitrogens with two attached hydrogens (primary N) is 1. The first kappa shape index (κ1) is 17.0. The van der Waals surface area contributed by atoms with Gasteiger partial charge in [0.05, 0.1) is 5.71 Å². The van der Waals surface area contributed by atoms with Gasteiger partial charge in [0, 0.05) is 17.8 Å². The highest BCUT2D eigenvalue weighted by Crippen LogP contribution is 2.33. The van der Waals surface area contributed by atoms with Crippen LogP contribution in [0.1, 0.15) is 42.7 Å². The van der Waals surface area contributed by atoms with Crippen LogP contribution in [0.15, 0.2) is 59.7 Å². The topological polar surface area (TPSA) is 94.8 Å². The zero-order chi connectivity index (χ0) is 17.6. The molecule has 5 N–H and O–H groups in total. The van der Waals surface area contributed by atoms with E-state index in [0.29, 0.717) is 17.2 Å². The molecule has 1 aliphatic carbocycles. The summed E-state index contributed by atoms with van der Waals surface area (Å²) >= 11 is 0. The summed E-state index contributed by atoms with van der Waals surface area (Å²) in [7, 11) is 0. The third-order valence-electron chi connectivity index (χ3n) is 4.83. The summed E-state index contributed by atoms with van der Waals surface area (Å²) in [5, 5.41) is 11.3. The monoisotopic (exact) mass is 336 g/mol. The van der Waals surface area contributed by atoms with Crippen molar-refractivity contribution < 1.29 is 0 Å². The number of pyridine rings is 1. The number of hydrogen-bond acceptors (Lipinski definition) is 4. The first-order valence-electron chi connectivity index (χ1n) is 8.69. The van der Waals surface area contributed by atoms with E-state index in [9.17, 15) is 4.79 Å². The molecule has 1 aliphatic rings. The second-order valence-corrected chi connectivity index (χ2v) is 6.51. The Labute approximate surface area is 147 Å². The minimum absolute atomic E-state index is 0.154. The van der Waals surface area contributed by atoms with Crippen LogP contribution < -0.4 is 16.6 Å². The maximum absolute atomic E-state index is 12.1. The molecule has 0 aliphatic heterocycles. The summed E-state index contributed by atoms with van der Waals surface area (Å²) in [6, 6.07) is 12.6. The number of aromatic nitrogens is 1. The van der Waals surface area contributed by atoms with Gasteiger partial charge in [0.25, 0.3) is 5.56 Å². The van der Waals surface area contributed by atoms with Gasteiger partial charge in [0.2, 0.25) is 0 Å². The summed E-state index contributed by atoms with van der Waals surface area (Å²) in [5.41, 5.74) is 8.02. The number of benzene rings is 1. The van der Waals surface area contributed by atoms with Crippen LogP contribution >= 0.6 is 0 Å². The highest BCUT2D eigenvalue weighted by atomic mass is 16.1. The summed E-state index contributed by atoms with van der Waals surface area (Å²) in [5.74, 6) is 0.603. The number of aromatic amines is 1. The molecule has 1 fully saturated rings. The Bertz CT molecular complexity index is 802. The summed E-state index contributed by atoms with van der Waals surface area (Å²) in [6.07, 6.45) is 8.67. The second kappa shape index (κ2) is 7.83. The number of nitrogens with one attached hydrogen (secondary N) is 3. The van der Waals surface area contributed by atoms with Gasteiger partial charge in [-0.2, -0.15) is 0 Å². The Balaban J connectivity index is 1.65. The first-order valence-corrected chi connectivity index (χ1v) is 8.69. The third kappa shape index (κ3) is 4.18. The third-order valence-corrected chi connectivity index (χ3v) is 4.83. The SMILES string of the molecule is N=C(/C=C\N)c1c[nH]c(=O)c(N[C@H]2CC[C@H](c3ccccc3)CC2)c1. The van der Waals surface area contributed by atoms with Crippen LogP contribution in [0, 0.1) is 5.41 Å². The molecule has 1 aromatic heterocycles. The minimum atomic E-state index is -0.154. The van der Waals surface area contributed by atoms with Gasteiger partial charge in [-0.1, -0.05) is 30.3 Å². The van der Waals surface area contributed by atoms with Gasteiger partial charge in [-0.25, -0.2) is 0 Å². The molecule has 0 radical (unpaired) electrons. The Morgan fingerprint density at radius 1 is 1.20 bits per heavy atom. The fourth-order valence-electron chi connectivity index (χ4n) is 3.46. The lowest BCUT2D eigenvalue weighted by Crippen LogP contribution is -2.28. The molecule has 0 bridgehead atoms. The second-order valence-electron chi connectivity index (χ2n) is 6.51. The highest BCUT2D eigenvalue weighted by Gasteiger charge is 2.22. The molecule has 0 saturated heterocycles. The van der Waals surface area contributed by atoms with Gasteiger partial charge in [-0.15, -0.1) is 0 Å². The molecule has 3 rings (SSSR count). The van der Waals surface area contributed by atoms with Gasteiger partial charge in [-0.3, -0.25) is 4.79 Å². The van der Waals surface area contributed by atoms with E-state index in [-0.39, 0.29) is 17.3 Å². The summed E-state index contributed by atoms with van der Waals surface area (Å²) in [6.45, 7) is 0. The van der Waals surface area contributed by atoms with E-state index in [2.05, 4.69) is 34.6 Å². The highest BCUT2D eigenvalue weighted by molar-refractivity contribution is 6.06. The molecule has 0 amide bonds. The summed E-state index contributed by atoms with van der Waals surface area (Å²) in [4.78, 5) is 14.8. The molecule has 0 unspecified atom stereocenters. The van der Waals surface area contributed by atoms with Crippen molar-refractivity contribution in [1.82, 2.24) is 4.98 Å². The van der Waals surface area contributed by atoms with Crippen LogP contribution in [0.5, 0.6) is 0 Å². The van der Waals surface area contributed by atoms with Crippen molar-refractivity contribution in [2.45, 2.75) is 37.6 Å². The average Bonchev–Trinajstić information content (AvgIpc) is 2.65. The minimum Gasteiger partial charge on any atom is -0.405 e. The number of rotatable bonds is 5. The normalized spacial score (nSPS) is 20.5. The number of H-pyrrole nitrogens is 1. The smallest absolute Gasteiger partial charge is 0.271 e. The van der Waals surface area contributed by atoms with E-state index in [1.54, 1.807) is 12.3 Å². The van der Waals surface area contributed by atoms with Crippen LogP contribution in [-0.4, -0.2) is 16.7 Å². The van der Waals surface area contributed by atoms with Crippen molar-refractivity contribution >= 4 is 11.4 Å². The van der Waals surface area contributed by atoms with Crippen molar-refractivity contribution in [3.05, 3.63) is 76.4 Å². The van der Waals surface area contributed by atoms with Gasteiger partial charge in [0.1, 0.15) is 5.69 Å². The number of hydrogen-bond donors (Lipinski definition) is 4. The molecule has 2 aromatic rings. The molecular weight excluding hydrogens is 312 g/mol. The van der Waals surface area contributed by atoms with Crippen molar-refractivity contribution in [3.8, 4) is 0 Å². The Morgan fingerprint density at radius 3 is 2.60 bits per heavy atom. The first-order chi connectivity index (χ1) is 12.2. The average molecular weight is 336 g/mol. The molecule has 1 aromatic carbocycles. The number of anilines is 1. The maximum Gasteiger partial charge on any atom is 0.271 e. The van der Waals surface area contributed by atoms with Crippen LogP contribution in [0.25, 0.3) is 0 Å². The van der Waals surface area contributed by atoms with E-state index < -0.39 is 0 Å². The van der Waals surface area contributed by atoms with E-state index >= 15 is 0 Å². The standard InChI is InChI=1S/C20H24N4O/c21-11-10-18(22)16-12-19(20(25)23-13-16)24-17-8-6-15(7-9-17)14-4-2-1-3-5-14/h1-5,10-13,15,17,22,24H,6-9,21H2,(H,23,25)/b11-10-,22-18?/t15-,17-. The predicted octanol–water partition coefficient (Wildman–Crippen LogP) is 3.35. The molecule has 25 heavy (non-hydrogen) atoms. The van der Waals surface area contributed by atoms with Crippen molar-refractivity contribution in [3.63, 3.8) is 0 Å². The zero-order valence-electron chi connectivity index (χ0n) is 14.2. The fraction of sp³-hybridized carbons (Fsp3) is 0.300. The molecule has 130 valence electrons. The quantitative estimate of drug-likeness (QED) is 0.631. The Morgan fingerprint density at radius 2 is 1.92 bits per heavy atom. The van der Waals surface area contributed by atoms with Crippen molar-refractivity contribution in [2.24, 2.45) is 5.73 Å². The van der Waals surface area contributed by atoms with Crippen LogP contribution in [0.4, 0.5) is 5.69 Å². The van der Waals surface area contributed by atoms with Crippen LogP contribution in [0.3, 0.4) is 0 Å². The van der Waals surface area contributed by atoms with Crippen molar-refractivity contribution in [2.75, 3.05) is 5.32 Å². The fourth-order valence-corrected chi connectivity index (χ4v) is 3.46. The molecule has 5 nitrogen and oxygen atoms in total. The predicted molar refractivity (Wildman–Crippen MR) is 102 cm³/mol. The van der Waals surface area contributed by atoms with E-state index in [4.69, 9.17) is 11.1 Å². The van der Waals surface area contributed by atoms with Crippen LogP contribution in [-0.2, 0) is 0 Å². The molecule has 0 spiro atoms. The van der Waals surface area contributed by atoms with E-state index in [0.717, 1.165) is 25.7 Å². The Hall–Kier alpha value is -2.82. The van der Waals surface area contributed by atoms with E-state index in [1.165, 1.54) is 17.8 Å². The lowest BCUT2D eigenvalue weighted by Gasteiger charge is -2.29. The molecule has 1 heterocycles. The zero-order valence-corrected chi connectivity index (χ0v) is 14.2. The molecule has 1 saturated carbocycles.